The number of halogens is 1. The minimum atomic E-state index is 0.0196. The van der Waals surface area contributed by atoms with E-state index in [1.165, 1.54) is 11.1 Å². The molecule has 0 aliphatic carbocycles. The van der Waals surface area contributed by atoms with E-state index >= 15 is 0 Å². The van der Waals surface area contributed by atoms with Gasteiger partial charge in [0.15, 0.2) is 0 Å². The zero-order chi connectivity index (χ0) is 21.0. The summed E-state index contributed by atoms with van der Waals surface area (Å²) >= 11 is 3.59. The molecule has 0 saturated carbocycles. The molecule has 1 unspecified atom stereocenters. The van der Waals surface area contributed by atoms with Gasteiger partial charge in [-0.05, 0) is 58.5 Å². The van der Waals surface area contributed by atoms with Crippen molar-refractivity contribution < 1.29 is 14.3 Å². The number of aryl methyl sites for hydroxylation is 1. The zero-order valence-corrected chi connectivity index (χ0v) is 19.3. The summed E-state index contributed by atoms with van der Waals surface area (Å²) in [5.74, 6) is 1.74. The molecule has 0 spiro atoms. The third-order valence-electron chi connectivity index (χ3n) is 5.14. The lowest BCUT2D eigenvalue weighted by Gasteiger charge is -2.27. The average Bonchev–Trinajstić information content (AvgIpc) is 2.66. The van der Waals surface area contributed by atoms with Gasteiger partial charge in [0, 0.05) is 18.4 Å². The van der Waals surface area contributed by atoms with Crippen LogP contribution in [0, 0.1) is 6.92 Å². The summed E-state index contributed by atoms with van der Waals surface area (Å²) in [7, 11) is 0. The Kier molecular flexibility index (Phi) is 6.89. The molecule has 0 bridgehead atoms. The molecule has 2 aromatic rings. The van der Waals surface area contributed by atoms with Crippen LogP contribution in [0.2, 0.25) is 0 Å². The number of fused-ring (bicyclic) bond motifs is 1. The van der Waals surface area contributed by atoms with Crippen molar-refractivity contribution in [1.82, 2.24) is 5.32 Å². The first-order valence-corrected chi connectivity index (χ1v) is 11.0. The van der Waals surface area contributed by atoms with E-state index in [0.717, 1.165) is 28.0 Å². The molecule has 156 valence electrons. The van der Waals surface area contributed by atoms with Crippen LogP contribution in [0.4, 0.5) is 0 Å². The van der Waals surface area contributed by atoms with Gasteiger partial charge in [0.2, 0.25) is 5.91 Å². The van der Waals surface area contributed by atoms with E-state index in [0.29, 0.717) is 26.1 Å². The fourth-order valence-corrected chi connectivity index (χ4v) is 3.92. The maximum Gasteiger partial charge on any atom is 0.220 e. The first-order chi connectivity index (χ1) is 13.7. The number of rotatable bonds is 6. The molecule has 1 atom stereocenters. The van der Waals surface area contributed by atoms with Gasteiger partial charge in [0.05, 0.1) is 23.7 Å². The predicted octanol–water partition coefficient (Wildman–Crippen LogP) is 5.85. The second kappa shape index (κ2) is 9.21. The average molecular weight is 460 g/mol. The van der Waals surface area contributed by atoms with Crippen LogP contribution in [-0.2, 0) is 10.2 Å². The number of nitrogens with one attached hydrogen (secondary N) is 1. The molecular formula is C24H30BrNO3. The number of carbonyl (C=O) groups excluding carboxylic acids is 1. The highest BCUT2D eigenvalue weighted by atomic mass is 79.9. The van der Waals surface area contributed by atoms with Crippen LogP contribution in [-0.4, -0.2) is 19.1 Å². The van der Waals surface area contributed by atoms with Crippen molar-refractivity contribution in [2.45, 2.75) is 58.4 Å². The third-order valence-corrected chi connectivity index (χ3v) is 5.76. The third kappa shape index (κ3) is 5.75. The summed E-state index contributed by atoms with van der Waals surface area (Å²) in [6.07, 6.45) is 1.91. The number of carbonyl (C=O) groups is 1. The minimum Gasteiger partial charge on any atom is -0.493 e. The van der Waals surface area contributed by atoms with Gasteiger partial charge in [-0.2, -0.15) is 0 Å². The van der Waals surface area contributed by atoms with E-state index in [2.05, 4.69) is 67.1 Å². The van der Waals surface area contributed by atoms with Crippen LogP contribution < -0.4 is 14.8 Å². The Bertz CT molecular complexity index is 873. The van der Waals surface area contributed by atoms with Crippen molar-refractivity contribution >= 4 is 21.8 Å². The molecule has 1 heterocycles. The van der Waals surface area contributed by atoms with E-state index in [9.17, 15) is 4.79 Å². The van der Waals surface area contributed by atoms with Gasteiger partial charge in [-0.25, -0.2) is 0 Å². The van der Waals surface area contributed by atoms with Gasteiger partial charge < -0.3 is 14.8 Å². The largest absolute Gasteiger partial charge is 0.493 e. The molecule has 3 rings (SSSR count). The van der Waals surface area contributed by atoms with Gasteiger partial charge in [0.25, 0.3) is 0 Å². The van der Waals surface area contributed by atoms with Gasteiger partial charge >= 0.3 is 0 Å². The number of hydrogen-bond donors (Lipinski definition) is 1. The topological polar surface area (TPSA) is 47.6 Å². The maximum absolute atomic E-state index is 12.4. The monoisotopic (exact) mass is 459 g/mol. The van der Waals surface area contributed by atoms with E-state index in [1.807, 2.05) is 18.2 Å². The highest BCUT2D eigenvalue weighted by Gasteiger charge is 2.23. The fraction of sp³-hybridized carbons (Fsp3) is 0.458. The van der Waals surface area contributed by atoms with E-state index < -0.39 is 0 Å². The number of hydrogen-bond acceptors (Lipinski definition) is 3. The van der Waals surface area contributed by atoms with Crippen LogP contribution in [0.15, 0.2) is 40.9 Å². The van der Waals surface area contributed by atoms with Gasteiger partial charge in [-0.3, -0.25) is 4.79 Å². The van der Waals surface area contributed by atoms with Crippen LogP contribution >= 0.6 is 15.9 Å². The zero-order valence-electron chi connectivity index (χ0n) is 17.7. The molecule has 0 fully saturated rings. The Hall–Kier alpha value is -2.01. The van der Waals surface area contributed by atoms with Crippen molar-refractivity contribution in [3.8, 4) is 11.5 Å². The molecular weight excluding hydrogens is 430 g/mol. The summed E-state index contributed by atoms with van der Waals surface area (Å²) in [5.41, 5.74) is 3.59. The Morgan fingerprint density at radius 2 is 2.03 bits per heavy atom. The normalized spacial score (nSPS) is 16.0. The number of amides is 1. The van der Waals surface area contributed by atoms with Crippen molar-refractivity contribution in [1.29, 1.82) is 0 Å². The molecule has 0 saturated heterocycles. The smallest absolute Gasteiger partial charge is 0.220 e. The second-order valence-corrected chi connectivity index (χ2v) is 9.50. The molecule has 29 heavy (non-hydrogen) atoms. The van der Waals surface area contributed by atoms with Crippen LogP contribution in [0.3, 0.4) is 0 Å². The first-order valence-electron chi connectivity index (χ1n) is 10.2. The summed E-state index contributed by atoms with van der Waals surface area (Å²) in [6.45, 7) is 9.74. The van der Waals surface area contributed by atoms with Crippen molar-refractivity contribution in [2.24, 2.45) is 0 Å². The number of ether oxygens (including phenoxy) is 2. The van der Waals surface area contributed by atoms with E-state index in [-0.39, 0.29) is 17.4 Å². The summed E-state index contributed by atoms with van der Waals surface area (Å²) in [6, 6.07) is 12.3. The fourth-order valence-electron chi connectivity index (χ4n) is 3.43. The predicted molar refractivity (Wildman–Crippen MR) is 120 cm³/mol. The minimum absolute atomic E-state index is 0.0196. The van der Waals surface area contributed by atoms with Crippen LogP contribution in [0.5, 0.6) is 11.5 Å². The molecule has 0 radical (unpaired) electrons. The highest BCUT2D eigenvalue weighted by molar-refractivity contribution is 9.10. The second-order valence-electron chi connectivity index (χ2n) is 8.65. The van der Waals surface area contributed by atoms with Crippen molar-refractivity contribution in [3.63, 3.8) is 0 Å². The lowest BCUT2D eigenvalue weighted by atomic mass is 9.87. The van der Waals surface area contributed by atoms with Crippen molar-refractivity contribution in [2.75, 3.05) is 13.2 Å². The van der Waals surface area contributed by atoms with Gasteiger partial charge in [-0.1, -0.05) is 44.5 Å². The lowest BCUT2D eigenvalue weighted by molar-refractivity contribution is -0.122. The summed E-state index contributed by atoms with van der Waals surface area (Å²) < 4.78 is 12.5. The van der Waals surface area contributed by atoms with Gasteiger partial charge in [0.1, 0.15) is 11.5 Å². The highest BCUT2D eigenvalue weighted by Crippen LogP contribution is 2.33. The first kappa shape index (κ1) is 21.7. The summed E-state index contributed by atoms with van der Waals surface area (Å²) in [4.78, 5) is 12.4. The molecule has 4 nitrogen and oxygen atoms in total. The lowest BCUT2D eigenvalue weighted by Crippen LogP contribution is -2.32. The molecule has 5 heteroatoms. The van der Waals surface area contributed by atoms with Crippen molar-refractivity contribution in [3.05, 3.63) is 57.6 Å². The summed E-state index contributed by atoms with van der Waals surface area (Å²) in [5, 5.41) is 3.15. The molecule has 1 aliphatic rings. The Morgan fingerprint density at radius 3 is 2.76 bits per heavy atom. The van der Waals surface area contributed by atoms with Crippen LogP contribution in [0.25, 0.3) is 0 Å². The standard InChI is InChI=1S/C24H30BrNO3/c1-16-7-9-21-18(14-16)20(11-13-29-21)26-23(27)6-5-12-28-22-10-8-17(15-19(22)25)24(2,3)4/h7-10,14-15,20H,5-6,11-13H2,1-4H3,(H,26,27). The quantitative estimate of drug-likeness (QED) is 0.550. The Balaban J connectivity index is 1.47. The molecule has 1 N–H and O–H groups in total. The SMILES string of the molecule is Cc1ccc2c(c1)C(NC(=O)CCCOc1ccc(C(C)(C)C)cc1Br)CCO2. The Labute approximate surface area is 182 Å². The van der Waals surface area contributed by atoms with Gasteiger partial charge in [-0.15, -0.1) is 0 Å². The molecule has 0 aromatic heterocycles. The molecule has 2 aromatic carbocycles. The maximum atomic E-state index is 12.4. The molecule has 1 aliphatic heterocycles. The van der Waals surface area contributed by atoms with Crippen LogP contribution in [0.1, 0.15) is 62.8 Å². The molecule has 1 amide bonds. The van der Waals surface area contributed by atoms with E-state index in [4.69, 9.17) is 9.47 Å². The Morgan fingerprint density at radius 1 is 1.24 bits per heavy atom. The number of benzene rings is 2. The van der Waals surface area contributed by atoms with E-state index in [1.54, 1.807) is 0 Å².